The number of ether oxygens (including phenoxy) is 2. The highest BCUT2D eigenvalue weighted by Crippen LogP contribution is 2.29. The average Bonchev–Trinajstić information content (AvgIpc) is 2.73. The Morgan fingerprint density at radius 3 is 1.52 bits per heavy atom. The fourth-order valence-corrected chi connectivity index (χ4v) is 4.42. The number of carbonyl (C=O) groups is 2. The van der Waals surface area contributed by atoms with E-state index in [1.807, 2.05) is 0 Å². The van der Waals surface area contributed by atoms with Gasteiger partial charge in [0.2, 0.25) is 11.8 Å². The Bertz CT molecular complexity index is 982. The number of methoxy groups -OCH3 is 2. The highest BCUT2D eigenvalue weighted by molar-refractivity contribution is 7.89. The zero-order chi connectivity index (χ0) is 23.0. The summed E-state index contributed by atoms with van der Waals surface area (Å²) in [5, 5.41) is 5.15. The van der Waals surface area contributed by atoms with Crippen LogP contribution in [0.25, 0.3) is 0 Å². The zero-order valence-electron chi connectivity index (χ0n) is 16.9. The van der Waals surface area contributed by atoms with E-state index in [4.69, 9.17) is 32.7 Å². The molecule has 0 aliphatic rings. The molecular weight excluding hydrogens is 467 g/mol. The van der Waals surface area contributed by atoms with Crippen LogP contribution in [0.1, 0.15) is 11.1 Å². The number of sulfone groups is 1. The second kappa shape index (κ2) is 11.2. The predicted molar refractivity (Wildman–Crippen MR) is 121 cm³/mol. The van der Waals surface area contributed by atoms with E-state index in [0.717, 1.165) is 0 Å². The van der Waals surface area contributed by atoms with Gasteiger partial charge in [-0.2, -0.15) is 0 Å². The van der Waals surface area contributed by atoms with E-state index in [1.165, 1.54) is 26.4 Å². The molecule has 0 heterocycles. The summed E-state index contributed by atoms with van der Waals surface area (Å²) in [6.45, 7) is 0. The van der Waals surface area contributed by atoms with Crippen molar-refractivity contribution in [1.29, 1.82) is 0 Å². The van der Waals surface area contributed by atoms with Crippen LogP contribution in [0.3, 0.4) is 0 Å². The summed E-state index contributed by atoms with van der Waals surface area (Å²) in [7, 11) is -0.714. The average molecular weight is 489 g/mol. The summed E-state index contributed by atoms with van der Waals surface area (Å²) in [5.74, 6) is -1.14. The normalized spacial score (nSPS) is 11.0. The second-order valence-electron chi connectivity index (χ2n) is 6.47. The molecule has 2 amide bonds. The molecular formula is C20H22Cl2N2O6S. The molecule has 2 rings (SSSR count). The monoisotopic (exact) mass is 488 g/mol. The van der Waals surface area contributed by atoms with Crippen molar-refractivity contribution in [1.82, 2.24) is 0 Å². The minimum atomic E-state index is -3.59. The van der Waals surface area contributed by atoms with Crippen molar-refractivity contribution in [3.8, 4) is 11.5 Å². The maximum atomic E-state index is 12.8. The van der Waals surface area contributed by atoms with E-state index < -0.39 is 21.7 Å². The second-order valence-corrected chi connectivity index (χ2v) is 9.06. The summed E-state index contributed by atoms with van der Waals surface area (Å²) in [5.41, 5.74) is 1.59. The minimum Gasteiger partial charge on any atom is -0.495 e. The Kier molecular flexibility index (Phi) is 8.97. The number of anilines is 2. The molecule has 11 heteroatoms. The van der Waals surface area contributed by atoms with E-state index >= 15 is 0 Å². The van der Waals surface area contributed by atoms with Crippen molar-refractivity contribution >= 4 is 56.2 Å². The lowest BCUT2D eigenvalue weighted by Crippen LogP contribution is -2.15. The number of carbonyl (C=O) groups excluding carboxylic acids is 2. The van der Waals surface area contributed by atoms with E-state index in [0.29, 0.717) is 34.0 Å². The van der Waals surface area contributed by atoms with Gasteiger partial charge in [-0.1, -0.05) is 12.1 Å². The van der Waals surface area contributed by atoms with Crippen LogP contribution in [0.15, 0.2) is 36.4 Å². The molecule has 0 atom stereocenters. The minimum absolute atomic E-state index is 0.244. The molecule has 31 heavy (non-hydrogen) atoms. The Morgan fingerprint density at radius 2 is 1.19 bits per heavy atom. The Balaban J connectivity index is 2.23. The van der Waals surface area contributed by atoms with E-state index in [2.05, 4.69) is 10.6 Å². The number of halogens is 2. The SMILES string of the molecule is COc1ccc(CS(=O)(=O)Cc2ccc(OC)c(NC(=O)CCl)c2)cc1NC(=O)CCl. The zero-order valence-corrected chi connectivity index (χ0v) is 19.2. The fourth-order valence-electron chi connectivity index (χ4n) is 2.81. The molecule has 2 N–H and O–H groups in total. The molecule has 0 radical (unpaired) electrons. The van der Waals surface area contributed by atoms with Crippen molar-refractivity contribution in [2.45, 2.75) is 11.5 Å². The third-order valence-electron chi connectivity index (χ3n) is 4.09. The van der Waals surface area contributed by atoms with Gasteiger partial charge in [-0.3, -0.25) is 9.59 Å². The molecule has 168 valence electrons. The van der Waals surface area contributed by atoms with Crippen LogP contribution in [-0.4, -0.2) is 46.2 Å². The van der Waals surface area contributed by atoms with Gasteiger partial charge in [-0.05, 0) is 35.4 Å². The summed E-state index contributed by atoms with van der Waals surface area (Å²) in [4.78, 5) is 23.2. The van der Waals surface area contributed by atoms with E-state index in [1.54, 1.807) is 24.3 Å². The molecule has 0 fully saturated rings. The molecule has 0 aliphatic heterocycles. The van der Waals surface area contributed by atoms with E-state index in [9.17, 15) is 18.0 Å². The highest BCUT2D eigenvalue weighted by Gasteiger charge is 2.17. The van der Waals surface area contributed by atoms with Crippen LogP contribution in [0.5, 0.6) is 11.5 Å². The number of benzene rings is 2. The molecule has 0 aromatic heterocycles. The number of hydrogen-bond donors (Lipinski definition) is 2. The number of amides is 2. The van der Waals surface area contributed by atoms with Crippen LogP contribution in [0, 0.1) is 0 Å². The Hall–Kier alpha value is -2.49. The molecule has 2 aromatic carbocycles. The highest BCUT2D eigenvalue weighted by atomic mass is 35.5. The lowest BCUT2D eigenvalue weighted by atomic mass is 10.2. The van der Waals surface area contributed by atoms with Gasteiger partial charge in [0.25, 0.3) is 0 Å². The summed E-state index contributed by atoms with van der Waals surface area (Å²) in [6.07, 6.45) is 0. The van der Waals surface area contributed by atoms with Crippen molar-refractivity contribution in [2.75, 3.05) is 36.6 Å². The van der Waals surface area contributed by atoms with Gasteiger partial charge in [-0.25, -0.2) is 8.42 Å². The van der Waals surface area contributed by atoms with Crippen LogP contribution >= 0.6 is 23.2 Å². The number of alkyl halides is 2. The molecule has 8 nitrogen and oxygen atoms in total. The van der Waals surface area contributed by atoms with Crippen molar-refractivity contribution in [2.24, 2.45) is 0 Å². The van der Waals surface area contributed by atoms with Gasteiger partial charge >= 0.3 is 0 Å². The van der Waals surface area contributed by atoms with E-state index in [-0.39, 0.29) is 23.3 Å². The number of nitrogens with one attached hydrogen (secondary N) is 2. The lowest BCUT2D eigenvalue weighted by Gasteiger charge is -2.13. The predicted octanol–water partition coefficient (Wildman–Crippen LogP) is 3.17. The van der Waals surface area contributed by atoms with Gasteiger partial charge in [0.05, 0.1) is 37.1 Å². The third kappa shape index (κ3) is 7.30. The molecule has 2 aromatic rings. The molecule has 0 bridgehead atoms. The quantitative estimate of drug-likeness (QED) is 0.496. The first-order valence-corrected chi connectivity index (χ1v) is 11.9. The first-order valence-electron chi connectivity index (χ1n) is 8.97. The standard InChI is InChI=1S/C20H22Cl2N2O6S/c1-29-17-5-3-13(7-15(17)23-19(25)9-21)11-31(27,28)12-14-4-6-18(30-2)16(8-14)24-20(26)10-22/h3-8H,9-12H2,1-2H3,(H,23,25)(H,24,26). The smallest absolute Gasteiger partial charge is 0.239 e. The number of hydrogen-bond acceptors (Lipinski definition) is 6. The first-order chi connectivity index (χ1) is 14.7. The van der Waals surface area contributed by atoms with Crippen LogP contribution < -0.4 is 20.1 Å². The van der Waals surface area contributed by atoms with Crippen molar-refractivity contribution in [3.63, 3.8) is 0 Å². The van der Waals surface area contributed by atoms with Gasteiger partial charge in [0.15, 0.2) is 9.84 Å². The van der Waals surface area contributed by atoms with Gasteiger partial charge < -0.3 is 20.1 Å². The molecule has 0 aliphatic carbocycles. The van der Waals surface area contributed by atoms with Crippen LogP contribution in [-0.2, 0) is 30.9 Å². The maximum Gasteiger partial charge on any atom is 0.239 e. The molecule has 0 unspecified atom stereocenters. The summed E-state index contributed by atoms with van der Waals surface area (Å²) < 4.78 is 35.9. The summed E-state index contributed by atoms with van der Waals surface area (Å²) >= 11 is 11.0. The fraction of sp³-hybridized carbons (Fsp3) is 0.300. The van der Waals surface area contributed by atoms with Crippen molar-refractivity contribution < 1.29 is 27.5 Å². The van der Waals surface area contributed by atoms with Crippen LogP contribution in [0.4, 0.5) is 11.4 Å². The Labute approximate surface area is 190 Å². The van der Waals surface area contributed by atoms with Crippen molar-refractivity contribution in [3.05, 3.63) is 47.5 Å². The number of rotatable bonds is 10. The molecule has 0 saturated heterocycles. The van der Waals surface area contributed by atoms with Gasteiger partial charge in [0, 0.05) is 0 Å². The lowest BCUT2D eigenvalue weighted by molar-refractivity contribution is -0.114. The first kappa shape index (κ1) is 24.8. The molecule has 0 saturated carbocycles. The summed E-state index contributed by atoms with van der Waals surface area (Å²) in [6, 6.07) is 9.41. The third-order valence-corrected chi connectivity index (χ3v) is 6.12. The van der Waals surface area contributed by atoms with Crippen LogP contribution in [0.2, 0.25) is 0 Å². The van der Waals surface area contributed by atoms with Gasteiger partial charge in [-0.15, -0.1) is 23.2 Å². The Morgan fingerprint density at radius 1 is 0.806 bits per heavy atom. The maximum absolute atomic E-state index is 12.8. The van der Waals surface area contributed by atoms with Gasteiger partial charge in [0.1, 0.15) is 23.3 Å². The topological polar surface area (TPSA) is 111 Å². The largest absolute Gasteiger partial charge is 0.495 e. The molecule has 0 spiro atoms.